The molecule has 120 valence electrons. The van der Waals surface area contributed by atoms with Crippen LogP contribution in [0.15, 0.2) is 4.99 Å². The monoisotopic (exact) mass is 329 g/mol. The molecule has 0 atom stereocenters. The van der Waals surface area contributed by atoms with E-state index in [9.17, 15) is 13.5 Å². The fraction of sp³-hybridized carbons (Fsp3) is 0.929. The van der Waals surface area contributed by atoms with Crippen molar-refractivity contribution in [2.75, 3.05) is 12.3 Å². The topological polar surface area (TPSA) is 89.8 Å². The third-order valence-corrected chi connectivity index (χ3v) is 3.90. The minimum absolute atomic E-state index is 0. The average molecular weight is 329 g/mol. The van der Waals surface area contributed by atoms with E-state index < -0.39 is 10.1 Å². The number of hydrogen-bond donors (Lipinski definition) is 1. The molecule has 21 heavy (non-hydrogen) atoms. The Morgan fingerprint density at radius 1 is 1.00 bits per heavy atom. The van der Waals surface area contributed by atoms with E-state index in [4.69, 9.17) is 4.55 Å². The van der Waals surface area contributed by atoms with Gasteiger partial charge in [0.05, 0.1) is 5.75 Å². The molecule has 0 spiro atoms. The molecule has 0 aliphatic rings. The van der Waals surface area contributed by atoms with Crippen LogP contribution in [-0.4, -0.2) is 31.2 Å². The maximum Gasteiger partial charge on any atom is 1.00 e. The molecule has 7 heteroatoms. The van der Waals surface area contributed by atoms with E-state index in [1.165, 1.54) is 32.1 Å². The van der Waals surface area contributed by atoms with Gasteiger partial charge in [-0.15, -0.1) is 0 Å². The van der Waals surface area contributed by atoms with E-state index in [1.54, 1.807) is 0 Å². The van der Waals surface area contributed by atoms with Gasteiger partial charge in [-0.2, -0.15) is 8.42 Å². The van der Waals surface area contributed by atoms with Crippen molar-refractivity contribution < 1.29 is 47.6 Å². The first-order chi connectivity index (χ1) is 9.45. The van der Waals surface area contributed by atoms with Crippen LogP contribution in [0.2, 0.25) is 0 Å². The molecular formula is C14H28NNaO4S. The van der Waals surface area contributed by atoms with E-state index in [0.717, 1.165) is 12.8 Å². The zero-order valence-electron chi connectivity index (χ0n) is 13.5. The Morgan fingerprint density at radius 2 is 1.57 bits per heavy atom. The van der Waals surface area contributed by atoms with Crippen molar-refractivity contribution in [2.45, 2.75) is 71.1 Å². The first-order valence-corrected chi connectivity index (χ1v) is 9.22. The van der Waals surface area contributed by atoms with Crippen molar-refractivity contribution in [2.24, 2.45) is 4.99 Å². The van der Waals surface area contributed by atoms with Crippen LogP contribution in [0.4, 0.5) is 0 Å². The standard InChI is InChI=1S/C14H29NO4S.Na/c1-2-3-4-5-6-7-8-11-14(16)15-12-9-10-13-20(17,18)19;/h2-13H2,1H3,(H,15,16)(H,17,18,19);/q;+1/p-1. The molecule has 0 bridgehead atoms. The van der Waals surface area contributed by atoms with Crippen LogP contribution in [0.3, 0.4) is 0 Å². The van der Waals surface area contributed by atoms with Gasteiger partial charge in [0.2, 0.25) is 0 Å². The molecular weight excluding hydrogens is 301 g/mol. The van der Waals surface area contributed by atoms with Gasteiger partial charge in [-0.05, 0) is 31.6 Å². The largest absolute Gasteiger partial charge is 1.00 e. The summed E-state index contributed by atoms with van der Waals surface area (Å²) in [5.41, 5.74) is 0. The van der Waals surface area contributed by atoms with Gasteiger partial charge in [-0.3, -0.25) is 4.55 Å². The zero-order chi connectivity index (χ0) is 15.3. The quantitative estimate of drug-likeness (QED) is 0.163. The van der Waals surface area contributed by atoms with Crippen molar-refractivity contribution in [3.05, 3.63) is 0 Å². The molecule has 0 saturated heterocycles. The Balaban J connectivity index is 0. The molecule has 0 saturated carbocycles. The summed E-state index contributed by atoms with van der Waals surface area (Å²) in [7, 11) is -3.88. The van der Waals surface area contributed by atoms with Crippen LogP contribution in [0, 0.1) is 0 Å². The van der Waals surface area contributed by atoms with Crippen molar-refractivity contribution in [3.8, 4) is 0 Å². The van der Waals surface area contributed by atoms with Gasteiger partial charge in [0.1, 0.15) is 0 Å². The zero-order valence-corrected chi connectivity index (χ0v) is 16.3. The van der Waals surface area contributed by atoms with Crippen molar-refractivity contribution in [1.29, 1.82) is 0 Å². The van der Waals surface area contributed by atoms with Gasteiger partial charge < -0.3 is 10.1 Å². The molecule has 0 aliphatic heterocycles. The third kappa shape index (κ3) is 20.4. The van der Waals surface area contributed by atoms with Gasteiger partial charge in [-0.1, -0.05) is 45.4 Å². The second-order valence-electron chi connectivity index (χ2n) is 5.14. The van der Waals surface area contributed by atoms with Crippen LogP contribution in [-0.2, 0) is 10.1 Å². The molecule has 0 rings (SSSR count). The molecule has 0 aromatic carbocycles. The summed E-state index contributed by atoms with van der Waals surface area (Å²) in [6, 6.07) is 0. The Kier molecular flexibility index (Phi) is 17.2. The molecule has 0 radical (unpaired) electrons. The Hall–Kier alpha value is 0.380. The second kappa shape index (κ2) is 15.3. The molecule has 0 fully saturated rings. The minimum Gasteiger partial charge on any atom is -0.862 e. The number of rotatable bonds is 13. The smallest absolute Gasteiger partial charge is 0.862 e. The van der Waals surface area contributed by atoms with Crippen molar-refractivity contribution in [1.82, 2.24) is 0 Å². The third-order valence-electron chi connectivity index (χ3n) is 3.09. The van der Waals surface area contributed by atoms with Gasteiger partial charge in [-0.25, -0.2) is 0 Å². The average Bonchev–Trinajstić information content (AvgIpc) is 2.36. The fourth-order valence-electron chi connectivity index (χ4n) is 1.91. The van der Waals surface area contributed by atoms with E-state index in [-0.39, 0.29) is 41.2 Å². The Bertz CT molecular complexity index is 358. The first kappa shape index (κ1) is 23.6. The SMILES string of the molecule is CCCCCCCCCC([O-])=NCCCCS(=O)(=O)O.[Na+]. The predicted molar refractivity (Wildman–Crippen MR) is 80.6 cm³/mol. The number of hydrogen-bond acceptors (Lipinski definition) is 4. The second-order valence-corrected chi connectivity index (χ2v) is 6.71. The molecule has 0 heterocycles. The fourth-order valence-corrected chi connectivity index (χ4v) is 2.48. The van der Waals surface area contributed by atoms with E-state index in [1.807, 2.05) is 0 Å². The Morgan fingerprint density at radius 3 is 2.14 bits per heavy atom. The van der Waals surface area contributed by atoms with E-state index in [2.05, 4.69) is 11.9 Å². The van der Waals surface area contributed by atoms with E-state index >= 15 is 0 Å². The van der Waals surface area contributed by atoms with Gasteiger partial charge in [0.15, 0.2) is 0 Å². The molecule has 1 N–H and O–H groups in total. The maximum atomic E-state index is 11.4. The molecule has 5 nitrogen and oxygen atoms in total. The summed E-state index contributed by atoms with van der Waals surface area (Å²) in [6.45, 7) is 2.54. The minimum atomic E-state index is -3.88. The number of unbranched alkanes of at least 4 members (excludes halogenated alkanes) is 7. The molecule has 0 aliphatic carbocycles. The maximum absolute atomic E-state index is 11.4. The molecule has 0 amide bonds. The van der Waals surface area contributed by atoms with Gasteiger partial charge >= 0.3 is 29.6 Å². The summed E-state index contributed by atoms with van der Waals surface area (Å²) in [6.07, 6.45) is 9.56. The van der Waals surface area contributed by atoms with Crippen LogP contribution >= 0.6 is 0 Å². The van der Waals surface area contributed by atoms with Gasteiger partial charge in [0, 0.05) is 6.54 Å². The van der Waals surface area contributed by atoms with E-state index in [0.29, 0.717) is 25.8 Å². The number of aliphatic imine (C=N–C) groups is 1. The summed E-state index contributed by atoms with van der Waals surface area (Å²) in [4.78, 5) is 3.88. The van der Waals surface area contributed by atoms with Crippen LogP contribution in [0.5, 0.6) is 0 Å². The van der Waals surface area contributed by atoms with Crippen molar-refractivity contribution >= 4 is 16.0 Å². The summed E-state index contributed by atoms with van der Waals surface area (Å²) < 4.78 is 29.4. The molecule has 0 aromatic heterocycles. The number of nitrogens with zero attached hydrogens (tertiary/aromatic N) is 1. The van der Waals surface area contributed by atoms with Crippen LogP contribution in [0.1, 0.15) is 71.1 Å². The van der Waals surface area contributed by atoms with Gasteiger partial charge in [0.25, 0.3) is 10.1 Å². The Labute approximate surface area is 151 Å². The predicted octanol–water partition coefficient (Wildman–Crippen LogP) is -0.442. The molecule has 0 unspecified atom stereocenters. The van der Waals surface area contributed by atoms with Crippen LogP contribution in [0.25, 0.3) is 0 Å². The summed E-state index contributed by atoms with van der Waals surface area (Å²) in [5, 5.41) is 11.4. The van der Waals surface area contributed by atoms with Crippen LogP contribution < -0.4 is 34.7 Å². The first-order valence-electron chi connectivity index (χ1n) is 7.61. The van der Waals surface area contributed by atoms with Crippen molar-refractivity contribution in [3.63, 3.8) is 0 Å². The molecule has 0 aromatic rings. The normalized spacial score (nSPS) is 12.2. The summed E-state index contributed by atoms with van der Waals surface area (Å²) in [5.74, 6) is -0.348. The summed E-state index contributed by atoms with van der Waals surface area (Å²) >= 11 is 0.